The Balaban J connectivity index is 1.72. The Morgan fingerprint density at radius 1 is 1.25 bits per heavy atom. The molecule has 1 aromatic carbocycles. The van der Waals surface area contributed by atoms with Crippen LogP contribution in [0.25, 0.3) is 0 Å². The molecule has 2 aromatic rings. The molecule has 1 fully saturated rings. The summed E-state index contributed by atoms with van der Waals surface area (Å²) >= 11 is 0. The van der Waals surface area contributed by atoms with Gasteiger partial charge < -0.3 is 10.6 Å². The minimum Gasteiger partial charge on any atom is -0.369 e. The number of hydrogen-bond acceptors (Lipinski definition) is 4. The van der Waals surface area contributed by atoms with Gasteiger partial charge in [-0.1, -0.05) is 35.5 Å². The molecule has 0 bridgehead atoms. The van der Waals surface area contributed by atoms with Crippen LogP contribution in [0, 0.1) is 5.92 Å². The molecule has 0 radical (unpaired) electrons. The number of benzene rings is 1. The minimum absolute atomic E-state index is 0.0624. The SMILES string of the molecule is C[C@H]1CC[C@H](C(N)=O)CN1C(=O)c1cn(Cc2ccccc2)nn1. The molecule has 1 aromatic heterocycles. The maximum Gasteiger partial charge on any atom is 0.276 e. The Labute approximate surface area is 140 Å². The first kappa shape index (κ1) is 16.2. The summed E-state index contributed by atoms with van der Waals surface area (Å²) in [7, 11) is 0. The summed E-state index contributed by atoms with van der Waals surface area (Å²) in [6, 6.07) is 9.91. The average Bonchev–Trinajstić information content (AvgIpc) is 3.04. The van der Waals surface area contributed by atoms with Crippen LogP contribution in [0.4, 0.5) is 0 Å². The number of rotatable bonds is 4. The van der Waals surface area contributed by atoms with Crippen molar-refractivity contribution in [3.8, 4) is 0 Å². The van der Waals surface area contributed by atoms with Crippen molar-refractivity contribution >= 4 is 11.8 Å². The van der Waals surface area contributed by atoms with Gasteiger partial charge in [-0.25, -0.2) is 4.68 Å². The van der Waals surface area contributed by atoms with E-state index in [9.17, 15) is 9.59 Å². The molecule has 0 spiro atoms. The van der Waals surface area contributed by atoms with Crippen molar-refractivity contribution in [1.29, 1.82) is 0 Å². The molecule has 2 atom stereocenters. The third kappa shape index (κ3) is 3.45. The van der Waals surface area contributed by atoms with E-state index >= 15 is 0 Å². The van der Waals surface area contributed by atoms with Crippen LogP contribution in [0.5, 0.6) is 0 Å². The Bertz CT molecular complexity index is 728. The predicted octanol–water partition coefficient (Wildman–Crippen LogP) is 1.05. The molecule has 1 saturated heterocycles. The van der Waals surface area contributed by atoms with E-state index < -0.39 is 0 Å². The van der Waals surface area contributed by atoms with E-state index in [2.05, 4.69) is 10.3 Å². The van der Waals surface area contributed by atoms with E-state index in [4.69, 9.17) is 5.73 Å². The molecular weight excluding hydrogens is 306 g/mol. The fourth-order valence-corrected chi connectivity index (χ4v) is 3.01. The fraction of sp³-hybridized carbons (Fsp3) is 0.412. The summed E-state index contributed by atoms with van der Waals surface area (Å²) in [5.74, 6) is -0.843. The highest BCUT2D eigenvalue weighted by Crippen LogP contribution is 2.23. The van der Waals surface area contributed by atoms with Crippen LogP contribution >= 0.6 is 0 Å². The first-order valence-corrected chi connectivity index (χ1v) is 8.09. The molecule has 2 heterocycles. The Hall–Kier alpha value is -2.70. The van der Waals surface area contributed by atoms with E-state index in [0.29, 0.717) is 18.8 Å². The van der Waals surface area contributed by atoms with Gasteiger partial charge in [0, 0.05) is 12.6 Å². The van der Waals surface area contributed by atoms with Crippen molar-refractivity contribution in [2.75, 3.05) is 6.54 Å². The zero-order chi connectivity index (χ0) is 17.1. The van der Waals surface area contributed by atoms with Gasteiger partial charge in [0.2, 0.25) is 5.91 Å². The lowest BCUT2D eigenvalue weighted by Crippen LogP contribution is -2.48. The zero-order valence-electron chi connectivity index (χ0n) is 13.6. The number of likely N-dealkylation sites (tertiary alicyclic amines) is 1. The van der Waals surface area contributed by atoms with Gasteiger partial charge in [0.1, 0.15) is 0 Å². The lowest BCUT2D eigenvalue weighted by molar-refractivity contribution is -0.123. The molecule has 7 heteroatoms. The first-order valence-electron chi connectivity index (χ1n) is 8.09. The molecule has 1 aliphatic rings. The van der Waals surface area contributed by atoms with Gasteiger partial charge in [0.25, 0.3) is 5.91 Å². The molecule has 24 heavy (non-hydrogen) atoms. The number of hydrogen-bond donors (Lipinski definition) is 1. The summed E-state index contributed by atoms with van der Waals surface area (Å²) in [6.07, 6.45) is 3.13. The number of nitrogens with two attached hydrogens (primary N) is 1. The standard InChI is InChI=1S/C17H21N5O2/c1-12-7-8-14(16(18)23)10-22(12)17(24)15-11-21(20-19-15)9-13-5-3-2-4-6-13/h2-6,11-12,14H,7-10H2,1H3,(H2,18,23)/t12-,14-/m0/s1. The van der Waals surface area contributed by atoms with E-state index in [1.807, 2.05) is 37.3 Å². The van der Waals surface area contributed by atoms with Crippen molar-refractivity contribution in [1.82, 2.24) is 19.9 Å². The Kier molecular flexibility index (Phi) is 4.59. The normalized spacial score (nSPS) is 20.8. The number of nitrogens with zero attached hydrogens (tertiary/aromatic N) is 4. The number of carbonyl (C=O) groups is 2. The molecule has 0 aliphatic carbocycles. The third-order valence-electron chi connectivity index (χ3n) is 4.49. The van der Waals surface area contributed by atoms with Gasteiger partial charge in [-0.3, -0.25) is 9.59 Å². The second-order valence-corrected chi connectivity index (χ2v) is 6.27. The van der Waals surface area contributed by atoms with E-state index in [0.717, 1.165) is 18.4 Å². The number of carbonyl (C=O) groups excluding carboxylic acids is 2. The molecular formula is C17H21N5O2. The minimum atomic E-state index is -0.354. The molecule has 0 unspecified atom stereocenters. The maximum atomic E-state index is 12.7. The summed E-state index contributed by atoms with van der Waals surface area (Å²) in [5.41, 5.74) is 6.77. The second kappa shape index (κ2) is 6.82. The maximum absolute atomic E-state index is 12.7. The number of aromatic nitrogens is 3. The van der Waals surface area contributed by atoms with Crippen LogP contribution < -0.4 is 5.73 Å². The van der Waals surface area contributed by atoms with Gasteiger partial charge in [0.15, 0.2) is 5.69 Å². The predicted molar refractivity (Wildman–Crippen MR) is 88.0 cm³/mol. The van der Waals surface area contributed by atoms with Crippen molar-refractivity contribution in [2.24, 2.45) is 11.7 Å². The topological polar surface area (TPSA) is 94.1 Å². The van der Waals surface area contributed by atoms with Crippen LogP contribution in [0.15, 0.2) is 36.5 Å². The molecule has 3 rings (SSSR count). The van der Waals surface area contributed by atoms with Crippen molar-refractivity contribution < 1.29 is 9.59 Å². The summed E-state index contributed by atoms with van der Waals surface area (Å²) in [5, 5.41) is 8.03. The Morgan fingerprint density at radius 3 is 2.71 bits per heavy atom. The molecule has 0 saturated carbocycles. The van der Waals surface area contributed by atoms with Crippen LogP contribution in [0.1, 0.15) is 35.8 Å². The summed E-state index contributed by atoms with van der Waals surface area (Å²) in [4.78, 5) is 25.8. The van der Waals surface area contributed by atoms with E-state index in [1.54, 1.807) is 15.8 Å². The fourth-order valence-electron chi connectivity index (χ4n) is 3.01. The smallest absolute Gasteiger partial charge is 0.276 e. The molecule has 1 aliphatic heterocycles. The quantitative estimate of drug-likeness (QED) is 0.908. The highest BCUT2D eigenvalue weighted by atomic mass is 16.2. The van der Waals surface area contributed by atoms with Crippen LogP contribution in [0.2, 0.25) is 0 Å². The third-order valence-corrected chi connectivity index (χ3v) is 4.49. The monoisotopic (exact) mass is 327 g/mol. The van der Waals surface area contributed by atoms with Gasteiger partial charge in [-0.2, -0.15) is 0 Å². The second-order valence-electron chi connectivity index (χ2n) is 6.27. The van der Waals surface area contributed by atoms with Crippen LogP contribution in [0.3, 0.4) is 0 Å². The lowest BCUT2D eigenvalue weighted by atomic mass is 9.92. The first-order chi connectivity index (χ1) is 11.5. The summed E-state index contributed by atoms with van der Waals surface area (Å²) in [6.45, 7) is 2.88. The number of piperidine rings is 1. The van der Waals surface area contributed by atoms with Crippen molar-refractivity contribution in [3.05, 3.63) is 47.8 Å². The van der Waals surface area contributed by atoms with E-state index in [1.165, 1.54) is 0 Å². The van der Waals surface area contributed by atoms with Crippen molar-refractivity contribution in [3.63, 3.8) is 0 Å². The molecule has 2 amide bonds. The molecule has 2 N–H and O–H groups in total. The van der Waals surface area contributed by atoms with Gasteiger partial charge in [-0.05, 0) is 25.3 Å². The van der Waals surface area contributed by atoms with Crippen LogP contribution in [-0.4, -0.2) is 44.3 Å². The highest BCUT2D eigenvalue weighted by Gasteiger charge is 2.33. The Morgan fingerprint density at radius 2 is 2.00 bits per heavy atom. The van der Waals surface area contributed by atoms with Gasteiger partial charge in [-0.15, -0.1) is 5.10 Å². The summed E-state index contributed by atoms with van der Waals surface area (Å²) < 4.78 is 1.64. The molecule has 7 nitrogen and oxygen atoms in total. The average molecular weight is 327 g/mol. The highest BCUT2D eigenvalue weighted by molar-refractivity contribution is 5.92. The number of primary amides is 1. The van der Waals surface area contributed by atoms with Gasteiger partial charge in [0.05, 0.1) is 18.7 Å². The van der Waals surface area contributed by atoms with E-state index in [-0.39, 0.29) is 23.8 Å². The zero-order valence-corrected chi connectivity index (χ0v) is 13.6. The number of amides is 2. The molecule has 126 valence electrons. The largest absolute Gasteiger partial charge is 0.369 e. The van der Waals surface area contributed by atoms with Crippen molar-refractivity contribution in [2.45, 2.75) is 32.4 Å². The van der Waals surface area contributed by atoms with Gasteiger partial charge >= 0.3 is 0 Å². The van der Waals surface area contributed by atoms with Crippen LogP contribution in [-0.2, 0) is 11.3 Å². The lowest BCUT2D eigenvalue weighted by Gasteiger charge is -2.36.